The summed E-state index contributed by atoms with van der Waals surface area (Å²) in [5.41, 5.74) is 4.62. The molecular formula is C44H29N3O2P2. The molecule has 0 aromatic heterocycles. The SMILES string of the molecule is C#Cc1cc(C#N)cc(P(=O)(c2ccccc2)c2ccc3c(c2)C(C)(C)c2cc(P(=O)(c4ccccc4)c4cc(C#N)cc(C#N)c4)ccc2-3)c1. The lowest BCUT2D eigenvalue weighted by molar-refractivity contribution is 0.591. The quantitative estimate of drug-likeness (QED) is 0.140. The maximum atomic E-state index is 15.6. The highest BCUT2D eigenvalue weighted by Crippen LogP contribution is 2.52. The minimum Gasteiger partial charge on any atom is -0.309 e. The maximum Gasteiger partial charge on any atom is 0.171 e. The van der Waals surface area contributed by atoms with Crippen molar-refractivity contribution >= 4 is 46.1 Å². The number of benzene rings is 6. The third-order valence-electron chi connectivity index (χ3n) is 9.73. The van der Waals surface area contributed by atoms with Gasteiger partial charge in [0.05, 0.1) is 34.9 Å². The highest BCUT2D eigenvalue weighted by atomic mass is 31.2. The molecule has 0 spiro atoms. The van der Waals surface area contributed by atoms with E-state index < -0.39 is 19.7 Å². The van der Waals surface area contributed by atoms with Crippen LogP contribution in [0.3, 0.4) is 0 Å². The molecule has 5 nitrogen and oxygen atoms in total. The van der Waals surface area contributed by atoms with Gasteiger partial charge in [0, 0.05) is 42.8 Å². The molecule has 0 saturated heterocycles. The van der Waals surface area contributed by atoms with Crippen LogP contribution in [0.5, 0.6) is 0 Å². The average Bonchev–Trinajstić information content (AvgIpc) is 3.42. The summed E-state index contributed by atoms with van der Waals surface area (Å²) in [7, 11) is -7.08. The van der Waals surface area contributed by atoms with Crippen molar-refractivity contribution < 1.29 is 9.13 Å². The predicted octanol–water partition coefficient (Wildman–Crippen LogP) is 6.87. The van der Waals surface area contributed by atoms with E-state index in [9.17, 15) is 15.8 Å². The lowest BCUT2D eigenvalue weighted by Crippen LogP contribution is -2.28. The minimum absolute atomic E-state index is 0.263. The van der Waals surface area contributed by atoms with Crippen LogP contribution in [0.2, 0.25) is 0 Å². The molecule has 242 valence electrons. The fourth-order valence-corrected chi connectivity index (χ4v) is 12.6. The minimum atomic E-state index is -3.56. The van der Waals surface area contributed by atoms with E-state index >= 15 is 9.13 Å². The van der Waals surface area contributed by atoms with Crippen LogP contribution in [-0.2, 0) is 14.5 Å². The predicted molar refractivity (Wildman–Crippen MR) is 205 cm³/mol. The zero-order chi connectivity index (χ0) is 36.0. The van der Waals surface area contributed by atoms with Crippen LogP contribution in [0, 0.1) is 46.3 Å². The van der Waals surface area contributed by atoms with E-state index in [1.807, 2.05) is 97.1 Å². The van der Waals surface area contributed by atoms with Gasteiger partial charge in [-0.1, -0.05) is 105 Å². The lowest BCUT2D eigenvalue weighted by Gasteiger charge is -2.26. The summed E-state index contributed by atoms with van der Waals surface area (Å²) in [6.45, 7) is 4.20. The molecule has 0 N–H and O–H groups in total. The number of hydrogen-bond acceptors (Lipinski definition) is 5. The van der Waals surface area contributed by atoms with Gasteiger partial charge in [-0.3, -0.25) is 0 Å². The first-order valence-corrected chi connectivity index (χ1v) is 19.6. The van der Waals surface area contributed by atoms with Gasteiger partial charge in [0.15, 0.2) is 14.3 Å². The molecular weight excluding hydrogens is 664 g/mol. The van der Waals surface area contributed by atoms with Crippen molar-refractivity contribution in [3.63, 3.8) is 0 Å². The van der Waals surface area contributed by atoms with Crippen LogP contribution < -0.4 is 31.8 Å². The molecule has 1 aliphatic carbocycles. The molecule has 7 rings (SSSR count). The maximum absolute atomic E-state index is 15.6. The topological polar surface area (TPSA) is 106 Å². The summed E-state index contributed by atoms with van der Waals surface area (Å²) in [4.78, 5) is 0. The molecule has 0 bridgehead atoms. The summed E-state index contributed by atoms with van der Waals surface area (Å²) in [6, 6.07) is 46.3. The Morgan fingerprint density at radius 3 is 1.22 bits per heavy atom. The molecule has 2 atom stereocenters. The van der Waals surface area contributed by atoms with Crippen LogP contribution in [0.25, 0.3) is 11.1 Å². The lowest BCUT2D eigenvalue weighted by atomic mass is 9.82. The Balaban J connectivity index is 1.42. The van der Waals surface area contributed by atoms with Crippen molar-refractivity contribution in [3.8, 4) is 41.7 Å². The largest absolute Gasteiger partial charge is 0.309 e. The number of rotatable bonds is 6. The Morgan fingerprint density at radius 2 is 0.843 bits per heavy atom. The molecule has 0 amide bonds. The van der Waals surface area contributed by atoms with Gasteiger partial charge in [0.2, 0.25) is 0 Å². The van der Waals surface area contributed by atoms with E-state index in [1.165, 1.54) is 6.07 Å². The van der Waals surface area contributed by atoms with E-state index in [2.05, 4.69) is 38.0 Å². The van der Waals surface area contributed by atoms with Crippen molar-refractivity contribution in [3.05, 3.63) is 167 Å². The van der Waals surface area contributed by atoms with Gasteiger partial charge in [0.1, 0.15) is 0 Å². The zero-order valence-corrected chi connectivity index (χ0v) is 29.6. The van der Waals surface area contributed by atoms with Crippen LogP contribution in [-0.4, -0.2) is 0 Å². The fraction of sp³-hybridized carbons (Fsp3) is 0.0682. The molecule has 0 heterocycles. The summed E-state index contributed by atoms with van der Waals surface area (Å²) in [6.07, 6.45) is 5.77. The third kappa shape index (κ3) is 5.34. The highest BCUT2D eigenvalue weighted by Gasteiger charge is 2.40. The molecule has 0 aliphatic heterocycles. The first-order valence-electron chi connectivity index (χ1n) is 16.2. The van der Waals surface area contributed by atoms with E-state index in [-0.39, 0.29) is 11.1 Å². The first kappa shape index (κ1) is 33.3. The molecule has 51 heavy (non-hydrogen) atoms. The van der Waals surface area contributed by atoms with Gasteiger partial charge < -0.3 is 9.13 Å². The Morgan fingerprint density at radius 1 is 0.471 bits per heavy atom. The number of hydrogen-bond donors (Lipinski definition) is 0. The van der Waals surface area contributed by atoms with Gasteiger partial charge in [-0.15, -0.1) is 6.42 Å². The first-order chi connectivity index (χ1) is 24.6. The Hall–Kier alpha value is -6.19. The second-order valence-corrected chi connectivity index (χ2v) is 18.5. The number of terminal acetylenes is 1. The molecule has 0 fully saturated rings. The molecule has 1 aliphatic rings. The second kappa shape index (κ2) is 12.6. The average molecular weight is 694 g/mol. The normalized spacial score (nSPS) is 14.6. The Labute approximate surface area is 297 Å². The van der Waals surface area contributed by atoms with E-state index in [1.54, 1.807) is 30.3 Å². The molecule has 0 radical (unpaired) electrons. The van der Waals surface area contributed by atoms with Gasteiger partial charge in [-0.2, -0.15) is 15.8 Å². The number of nitrogens with zero attached hydrogens (tertiary/aromatic N) is 3. The standard InChI is InChI=1S/C44H29N3O2P2/c1-4-30-19-31(27-45)22-38(21-30)50(48,34-11-7-5-8-12-34)36-15-17-40-41-18-16-37(26-43(41)44(2,3)42(40)25-36)51(49,35-13-9-6-10-14-35)39-23-32(28-46)20-33(24-39)29-47/h1,5-26H,2-3H3. The van der Waals surface area contributed by atoms with Crippen LogP contribution >= 0.6 is 14.3 Å². The van der Waals surface area contributed by atoms with Gasteiger partial charge >= 0.3 is 0 Å². The van der Waals surface area contributed by atoms with Gasteiger partial charge in [0.25, 0.3) is 0 Å². The van der Waals surface area contributed by atoms with Crippen molar-refractivity contribution in [2.24, 2.45) is 0 Å². The van der Waals surface area contributed by atoms with Crippen LogP contribution in [0.1, 0.15) is 47.2 Å². The summed E-state index contributed by atoms with van der Waals surface area (Å²) >= 11 is 0. The van der Waals surface area contributed by atoms with Crippen LogP contribution in [0.4, 0.5) is 0 Å². The smallest absolute Gasteiger partial charge is 0.171 e. The van der Waals surface area contributed by atoms with Crippen molar-refractivity contribution in [1.29, 1.82) is 15.8 Å². The molecule has 6 aromatic carbocycles. The Kier molecular flexibility index (Phi) is 8.23. The van der Waals surface area contributed by atoms with Crippen molar-refractivity contribution in [1.82, 2.24) is 0 Å². The molecule has 6 aromatic rings. The third-order valence-corrected chi connectivity index (χ3v) is 15.8. The monoisotopic (exact) mass is 693 g/mol. The second-order valence-electron chi connectivity index (χ2n) is 13.0. The van der Waals surface area contributed by atoms with Gasteiger partial charge in [-0.05, 0) is 70.8 Å². The Bertz CT molecular complexity index is 2420. The molecule has 0 saturated carbocycles. The van der Waals surface area contributed by atoms with E-state index in [0.29, 0.717) is 43.0 Å². The van der Waals surface area contributed by atoms with E-state index in [4.69, 9.17) is 6.42 Å². The number of fused-ring (bicyclic) bond motifs is 3. The highest BCUT2D eigenvalue weighted by molar-refractivity contribution is 7.85. The van der Waals surface area contributed by atoms with Gasteiger partial charge in [-0.25, -0.2) is 0 Å². The van der Waals surface area contributed by atoms with Crippen molar-refractivity contribution in [2.45, 2.75) is 19.3 Å². The number of nitriles is 3. The summed E-state index contributed by atoms with van der Waals surface area (Å²) in [5, 5.41) is 32.6. The van der Waals surface area contributed by atoms with Crippen LogP contribution in [0.15, 0.2) is 133 Å². The zero-order valence-electron chi connectivity index (χ0n) is 27.8. The fourth-order valence-electron chi connectivity index (χ4n) is 7.14. The summed E-state index contributed by atoms with van der Waals surface area (Å²) in [5.74, 6) is 2.61. The van der Waals surface area contributed by atoms with E-state index in [0.717, 1.165) is 22.3 Å². The summed E-state index contributed by atoms with van der Waals surface area (Å²) < 4.78 is 31.1. The molecule has 7 heteroatoms. The van der Waals surface area contributed by atoms with Crippen molar-refractivity contribution in [2.75, 3.05) is 0 Å². The molecule has 2 unspecified atom stereocenters.